The zero-order chi connectivity index (χ0) is 19.6. The fourth-order valence-electron chi connectivity index (χ4n) is 2.70. The fraction of sp³-hybridized carbons (Fsp3) is 0.235. The molecule has 1 amide bonds. The predicted octanol–water partition coefficient (Wildman–Crippen LogP) is 2.73. The molecule has 0 saturated carbocycles. The Hall–Kier alpha value is -1.84. The molecule has 1 heterocycles. The predicted molar refractivity (Wildman–Crippen MR) is 107 cm³/mol. The maximum atomic E-state index is 12.7. The number of benzene rings is 2. The first-order valence-electron chi connectivity index (χ1n) is 8.09. The third-order valence-corrected chi connectivity index (χ3v) is 6.44. The van der Waals surface area contributed by atoms with Crippen molar-refractivity contribution < 1.29 is 13.2 Å². The minimum Gasteiger partial charge on any atom is -0.326 e. The van der Waals surface area contributed by atoms with Crippen molar-refractivity contribution in [2.45, 2.75) is 12.3 Å². The maximum absolute atomic E-state index is 12.7. The van der Waals surface area contributed by atoms with Crippen molar-refractivity contribution in [3.63, 3.8) is 0 Å². The highest BCUT2D eigenvalue weighted by atomic mass is 35.5. The molecular weight excluding hydrogens is 411 g/mol. The van der Waals surface area contributed by atoms with Gasteiger partial charge in [0.2, 0.25) is 5.91 Å². The molecule has 4 N–H and O–H groups in total. The van der Waals surface area contributed by atoms with Crippen molar-refractivity contribution in [3.8, 4) is 0 Å². The summed E-state index contributed by atoms with van der Waals surface area (Å²) in [7, 11) is -3.88. The summed E-state index contributed by atoms with van der Waals surface area (Å²) >= 11 is 11.8. The molecule has 144 valence electrons. The van der Waals surface area contributed by atoms with E-state index in [9.17, 15) is 13.2 Å². The SMILES string of the molecule is Cc1cc(NC(=O)C2CNNC2S(=O)(=O)Nc2ccc(Cl)cc2)ccc1Cl. The van der Waals surface area contributed by atoms with Gasteiger partial charge in [-0.1, -0.05) is 23.2 Å². The van der Waals surface area contributed by atoms with Gasteiger partial charge in [0.25, 0.3) is 10.0 Å². The number of anilines is 2. The van der Waals surface area contributed by atoms with Gasteiger partial charge in [0.15, 0.2) is 5.37 Å². The van der Waals surface area contributed by atoms with Crippen LogP contribution in [0.1, 0.15) is 5.56 Å². The Morgan fingerprint density at radius 1 is 1.11 bits per heavy atom. The second-order valence-electron chi connectivity index (χ2n) is 6.16. The topological polar surface area (TPSA) is 99.3 Å². The van der Waals surface area contributed by atoms with Crippen molar-refractivity contribution in [3.05, 3.63) is 58.1 Å². The van der Waals surface area contributed by atoms with Gasteiger partial charge in [-0.05, 0) is 55.0 Å². The highest BCUT2D eigenvalue weighted by molar-refractivity contribution is 7.93. The Labute approximate surface area is 167 Å². The molecule has 1 fully saturated rings. The minimum absolute atomic E-state index is 0.171. The monoisotopic (exact) mass is 428 g/mol. The molecule has 1 aliphatic heterocycles. The molecule has 1 saturated heterocycles. The van der Waals surface area contributed by atoms with Crippen LogP contribution in [0.4, 0.5) is 11.4 Å². The molecule has 3 rings (SSSR count). The van der Waals surface area contributed by atoms with Crippen molar-refractivity contribution >= 4 is 50.5 Å². The quantitative estimate of drug-likeness (QED) is 0.586. The van der Waals surface area contributed by atoms with Crippen LogP contribution in [-0.2, 0) is 14.8 Å². The molecule has 2 atom stereocenters. The number of hydrazine groups is 1. The van der Waals surface area contributed by atoms with E-state index >= 15 is 0 Å². The van der Waals surface area contributed by atoms with Crippen LogP contribution in [-0.4, -0.2) is 26.2 Å². The highest BCUT2D eigenvalue weighted by Gasteiger charge is 2.41. The third-order valence-electron chi connectivity index (χ3n) is 4.13. The molecule has 7 nitrogen and oxygen atoms in total. The van der Waals surface area contributed by atoms with Crippen molar-refractivity contribution in [2.24, 2.45) is 5.92 Å². The molecular formula is C17H18Cl2N4O3S. The van der Waals surface area contributed by atoms with E-state index < -0.39 is 27.2 Å². The Morgan fingerprint density at radius 2 is 1.78 bits per heavy atom. The second kappa shape index (κ2) is 8.04. The number of carbonyl (C=O) groups excluding carboxylic acids is 1. The van der Waals surface area contributed by atoms with Crippen LogP contribution in [0.3, 0.4) is 0 Å². The Bertz CT molecular complexity index is 951. The average Bonchev–Trinajstić information content (AvgIpc) is 3.11. The third kappa shape index (κ3) is 4.72. The van der Waals surface area contributed by atoms with E-state index in [2.05, 4.69) is 20.9 Å². The van der Waals surface area contributed by atoms with E-state index in [0.717, 1.165) is 5.56 Å². The van der Waals surface area contributed by atoms with Gasteiger partial charge in [-0.15, -0.1) is 0 Å². The van der Waals surface area contributed by atoms with Gasteiger partial charge < -0.3 is 5.32 Å². The first-order valence-corrected chi connectivity index (χ1v) is 10.4. The van der Waals surface area contributed by atoms with E-state index in [1.165, 1.54) is 0 Å². The zero-order valence-corrected chi connectivity index (χ0v) is 16.6. The number of rotatable bonds is 5. The molecule has 0 aliphatic carbocycles. The van der Waals surface area contributed by atoms with Crippen molar-refractivity contribution in [1.29, 1.82) is 0 Å². The minimum atomic E-state index is -3.88. The molecule has 0 bridgehead atoms. The summed E-state index contributed by atoms with van der Waals surface area (Å²) in [6.07, 6.45) is 0. The Balaban J connectivity index is 1.74. The Kier molecular flexibility index (Phi) is 5.92. The summed E-state index contributed by atoms with van der Waals surface area (Å²) in [5.74, 6) is -1.24. The molecule has 0 aromatic heterocycles. The molecule has 2 aromatic rings. The summed E-state index contributed by atoms with van der Waals surface area (Å²) in [6.45, 7) is 1.99. The number of hydrogen-bond acceptors (Lipinski definition) is 5. The van der Waals surface area contributed by atoms with Crippen LogP contribution < -0.4 is 20.9 Å². The number of hydrogen-bond donors (Lipinski definition) is 4. The first-order chi connectivity index (χ1) is 12.8. The second-order valence-corrected chi connectivity index (χ2v) is 8.81. The molecule has 2 unspecified atom stereocenters. The standard InChI is InChI=1S/C17H18Cl2N4O3S/c1-10-8-13(6-7-15(10)19)21-16(24)14-9-20-22-17(14)27(25,26)23-12-4-2-11(18)3-5-12/h2-8,14,17,20,22-23H,9H2,1H3,(H,21,24). The van der Waals surface area contributed by atoms with Crippen molar-refractivity contribution in [1.82, 2.24) is 10.9 Å². The largest absolute Gasteiger partial charge is 0.326 e. The molecule has 10 heteroatoms. The summed E-state index contributed by atoms with van der Waals surface area (Å²) < 4.78 is 27.9. The molecule has 0 radical (unpaired) electrons. The lowest BCUT2D eigenvalue weighted by atomic mass is 10.1. The molecule has 0 spiro atoms. The smallest absolute Gasteiger partial charge is 0.250 e. The van der Waals surface area contributed by atoms with Gasteiger partial charge in [0.05, 0.1) is 5.92 Å². The lowest BCUT2D eigenvalue weighted by Crippen LogP contribution is -2.45. The van der Waals surface area contributed by atoms with Gasteiger partial charge in [-0.25, -0.2) is 13.8 Å². The Morgan fingerprint density at radius 3 is 2.44 bits per heavy atom. The maximum Gasteiger partial charge on any atom is 0.250 e. The number of amides is 1. The molecule has 2 aromatic carbocycles. The summed E-state index contributed by atoms with van der Waals surface area (Å²) in [5, 5.41) is 2.68. The van der Waals surface area contributed by atoms with E-state index in [1.54, 1.807) is 42.5 Å². The van der Waals surface area contributed by atoms with Gasteiger partial charge >= 0.3 is 0 Å². The van der Waals surface area contributed by atoms with Gasteiger partial charge in [0, 0.05) is 28.0 Å². The van der Waals surface area contributed by atoms with Gasteiger partial charge in [0.1, 0.15) is 0 Å². The van der Waals surface area contributed by atoms with E-state index in [-0.39, 0.29) is 6.54 Å². The lowest BCUT2D eigenvalue weighted by molar-refractivity contribution is -0.119. The molecule has 1 aliphatic rings. The summed E-state index contributed by atoms with van der Waals surface area (Å²) in [6, 6.07) is 11.3. The van der Waals surface area contributed by atoms with Crippen LogP contribution in [0.25, 0.3) is 0 Å². The highest BCUT2D eigenvalue weighted by Crippen LogP contribution is 2.23. The summed E-state index contributed by atoms with van der Waals surface area (Å²) in [4.78, 5) is 12.6. The van der Waals surface area contributed by atoms with Crippen molar-refractivity contribution in [2.75, 3.05) is 16.6 Å². The lowest BCUT2D eigenvalue weighted by Gasteiger charge is -2.19. The number of nitrogens with one attached hydrogen (secondary N) is 4. The summed E-state index contributed by atoms with van der Waals surface area (Å²) in [5.41, 5.74) is 7.12. The van der Waals surface area contributed by atoms with Gasteiger partial charge in [-0.3, -0.25) is 14.9 Å². The number of halogens is 2. The van der Waals surface area contributed by atoms with Gasteiger partial charge in [-0.2, -0.15) is 0 Å². The van der Waals surface area contributed by atoms with Crippen LogP contribution in [0.5, 0.6) is 0 Å². The molecule has 27 heavy (non-hydrogen) atoms. The van der Waals surface area contributed by atoms with Crippen LogP contribution in [0.15, 0.2) is 42.5 Å². The normalized spacial score (nSPS) is 19.7. The first kappa shape index (κ1) is 19.9. The van der Waals surface area contributed by atoms with Crippen LogP contribution >= 0.6 is 23.2 Å². The average molecular weight is 429 g/mol. The zero-order valence-electron chi connectivity index (χ0n) is 14.3. The number of aryl methyl sites for hydroxylation is 1. The van der Waals surface area contributed by atoms with E-state index in [0.29, 0.717) is 21.4 Å². The van der Waals surface area contributed by atoms with Crippen LogP contribution in [0.2, 0.25) is 10.0 Å². The van der Waals surface area contributed by atoms with Crippen LogP contribution in [0, 0.1) is 12.8 Å². The van der Waals surface area contributed by atoms with E-state index in [4.69, 9.17) is 23.2 Å². The fourth-order valence-corrected chi connectivity index (χ4v) is 4.43. The number of sulfonamides is 1. The van der Waals surface area contributed by atoms with E-state index in [1.807, 2.05) is 6.92 Å². The number of carbonyl (C=O) groups is 1.